The van der Waals surface area contributed by atoms with Crippen molar-refractivity contribution < 1.29 is 9.07 Å². The summed E-state index contributed by atoms with van der Waals surface area (Å²) in [5.41, 5.74) is 11.8. The van der Waals surface area contributed by atoms with Crippen LogP contribution < -0.4 is 11.1 Å². The third-order valence-corrected chi connectivity index (χ3v) is 5.72. The minimum Gasteiger partial charge on any atom is -0.382 e. The molecule has 1 aliphatic rings. The molecular formula is C24H31N7O. The van der Waals surface area contributed by atoms with Gasteiger partial charge in [-0.3, -0.25) is 4.79 Å². The number of anilines is 1. The summed E-state index contributed by atoms with van der Waals surface area (Å²) in [6, 6.07) is 13.5. The van der Waals surface area contributed by atoms with E-state index in [2.05, 4.69) is 20.3 Å². The maximum absolute atomic E-state index is 12.8. The molecule has 1 amide bonds. The van der Waals surface area contributed by atoms with Crippen molar-refractivity contribution in [2.24, 2.45) is 0 Å². The van der Waals surface area contributed by atoms with E-state index in [0.717, 1.165) is 54.8 Å². The molecule has 8 heteroatoms. The van der Waals surface area contributed by atoms with Gasteiger partial charge in [-0.05, 0) is 49.7 Å². The molecule has 4 N–H and O–H groups in total. The van der Waals surface area contributed by atoms with E-state index in [9.17, 15) is 4.79 Å². The number of aryl methyl sites for hydroxylation is 1. The predicted molar refractivity (Wildman–Crippen MR) is 131 cm³/mol. The quantitative estimate of drug-likeness (QED) is 0.453. The molecule has 32 heavy (non-hydrogen) atoms. The van der Waals surface area contributed by atoms with Gasteiger partial charge in [0.05, 0.1) is 22.9 Å². The van der Waals surface area contributed by atoms with Crippen LogP contribution >= 0.6 is 0 Å². The Bertz CT molecular complexity index is 1290. The molecule has 0 aliphatic carbocycles. The van der Waals surface area contributed by atoms with Gasteiger partial charge in [0.15, 0.2) is 11.6 Å². The zero-order chi connectivity index (χ0) is 22.1. The first-order chi connectivity index (χ1) is 15.6. The van der Waals surface area contributed by atoms with Gasteiger partial charge < -0.3 is 20.9 Å². The molecule has 0 spiro atoms. The van der Waals surface area contributed by atoms with E-state index in [4.69, 9.17) is 10.7 Å². The number of hydrogen-bond donors (Lipinski definition) is 3. The van der Waals surface area contributed by atoms with E-state index >= 15 is 0 Å². The number of rotatable bonds is 3. The fourth-order valence-electron chi connectivity index (χ4n) is 3.96. The van der Waals surface area contributed by atoms with Gasteiger partial charge in [0, 0.05) is 35.0 Å². The minimum atomic E-state index is 0. The van der Waals surface area contributed by atoms with Crippen LogP contribution in [0, 0.1) is 6.92 Å². The lowest BCUT2D eigenvalue weighted by Crippen LogP contribution is -2.34. The number of H-pyrrole nitrogens is 1. The van der Waals surface area contributed by atoms with Gasteiger partial charge in [-0.15, -0.1) is 0 Å². The zero-order valence-electron chi connectivity index (χ0n) is 17.9. The van der Waals surface area contributed by atoms with E-state index in [1.54, 1.807) is 6.20 Å². The number of carbonyl (C=O) groups is 1. The van der Waals surface area contributed by atoms with Crippen molar-refractivity contribution in [3.8, 4) is 22.8 Å². The lowest BCUT2D eigenvalue weighted by Gasteiger charge is -2.20. The Hall–Kier alpha value is -3.78. The molecule has 1 aliphatic heterocycles. The maximum atomic E-state index is 12.8. The van der Waals surface area contributed by atoms with Crippen molar-refractivity contribution >= 4 is 22.8 Å². The molecule has 0 saturated carbocycles. The Morgan fingerprint density at radius 1 is 1.09 bits per heavy atom. The van der Waals surface area contributed by atoms with Crippen LogP contribution in [0.2, 0.25) is 0 Å². The first kappa shape index (κ1) is 20.1. The Labute approximate surface area is 190 Å². The highest BCUT2D eigenvalue weighted by Crippen LogP contribution is 2.26. The van der Waals surface area contributed by atoms with Crippen LogP contribution in [0.1, 0.15) is 26.6 Å². The van der Waals surface area contributed by atoms with Crippen LogP contribution in [0.3, 0.4) is 0 Å². The summed E-state index contributed by atoms with van der Waals surface area (Å²) < 4.78 is 0. The van der Waals surface area contributed by atoms with Gasteiger partial charge >= 0.3 is 0 Å². The molecule has 0 unspecified atom stereocenters. The van der Waals surface area contributed by atoms with E-state index in [1.165, 1.54) is 0 Å². The largest absolute Gasteiger partial charge is 0.382 e. The van der Waals surface area contributed by atoms with Crippen molar-refractivity contribution in [1.82, 2.24) is 30.2 Å². The van der Waals surface area contributed by atoms with Crippen molar-refractivity contribution in [1.29, 1.82) is 0 Å². The molecule has 5 rings (SSSR count). The van der Waals surface area contributed by atoms with Crippen LogP contribution in [0.15, 0.2) is 48.7 Å². The summed E-state index contributed by atoms with van der Waals surface area (Å²) in [7, 11) is 0. The van der Waals surface area contributed by atoms with Gasteiger partial charge in [0.1, 0.15) is 5.69 Å². The van der Waals surface area contributed by atoms with Crippen molar-refractivity contribution in [2.45, 2.75) is 13.3 Å². The fraction of sp³-hybridized carbons (Fsp3) is 0.250. The molecular weight excluding hydrogens is 402 g/mol. The summed E-state index contributed by atoms with van der Waals surface area (Å²) in [6.07, 6.45) is 2.61. The third kappa shape index (κ3) is 3.92. The van der Waals surface area contributed by atoms with E-state index in [0.29, 0.717) is 28.6 Å². The molecule has 1 saturated heterocycles. The van der Waals surface area contributed by atoms with Crippen LogP contribution in [0.5, 0.6) is 0 Å². The Morgan fingerprint density at radius 2 is 1.94 bits per heavy atom. The van der Waals surface area contributed by atoms with Crippen LogP contribution in [-0.4, -0.2) is 56.9 Å². The number of amides is 1. The van der Waals surface area contributed by atoms with E-state index in [1.807, 2.05) is 54.3 Å². The second-order valence-electron chi connectivity index (χ2n) is 8.07. The molecule has 1 fully saturated rings. The molecule has 3 heterocycles. The average Bonchev–Trinajstić information content (AvgIpc) is 3.03. The van der Waals surface area contributed by atoms with Crippen LogP contribution in [-0.2, 0) is 0 Å². The average molecular weight is 434 g/mol. The summed E-state index contributed by atoms with van der Waals surface area (Å²) >= 11 is 0. The predicted octanol–water partition coefficient (Wildman–Crippen LogP) is 3.75. The molecule has 0 radical (unpaired) electrons. The number of aromatic amines is 1. The van der Waals surface area contributed by atoms with Crippen molar-refractivity contribution in [3.63, 3.8) is 0 Å². The highest BCUT2D eigenvalue weighted by molar-refractivity contribution is 5.94. The molecule has 0 bridgehead atoms. The van der Waals surface area contributed by atoms with Crippen LogP contribution in [0.4, 0.5) is 5.82 Å². The van der Waals surface area contributed by atoms with Crippen LogP contribution in [0.25, 0.3) is 33.8 Å². The van der Waals surface area contributed by atoms with Gasteiger partial charge in [0.25, 0.3) is 5.91 Å². The third-order valence-electron chi connectivity index (χ3n) is 5.72. The second kappa shape index (κ2) is 8.39. The molecule has 8 nitrogen and oxygen atoms in total. The first-order valence-electron chi connectivity index (χ1n) is 10.8. The summed E-state index contributed by atoms with van der Waals surface area (Å²) in [5.74, 6) is 0.951. The summed E-state index contributed by atoms with van der Waals surface area (Å²) in [5, 5.41) is 3.32. The number of nitrogens with two attached hydrogens (primary N) is 1. The summed E-state index contributed by atoms with van der Waals surface area (Å²) in [4.78, 5) is 31.7. The van der Waals surface area contributed by atoms with E-state index < -0.39 is 0 Å². The molecule has 168 valence electrons. The zero-order valence-corrected chi connectivity index (χ0v) is 17.9. The monoisotopic (exact) mass is 433 g/mol. The number of nitrogens with one attached hydrogen (secondary N) is 2. The van der Waals surface area contributed by atoms with Crippen molar-refractivity contribution in [3.05, 3.63) is 59.8 Å². The normalized spacial score (nSPS) is 14.5. The number of hydrogen-bond acceptors (Lipinski definition) is 6. The number of nitrogens with zero attached hydrogens (tertiary/aromatic N) is 4. The smallest absolute Gasteiger partial charge is 0.253 e. The second-order valence-corrected chi connectivity index (χ2v) is 8.07. The first-order valence-corrected chi connectivity index (χ1v) is 10.8. The van der Waals surface area contributed by atoms with Gasteiger partial charge in [-0.25, -0.2) is 15.0 Å². The van der Waals surface area contributed by atoms with Gasteiger partial charge in [-0.2, -0.15) is 0 Å². The lowest BCUT2D eigenvalue weighted by molar-refractivity contribution is 0.0766. The fourth-order valence-corrected chi connectivity index (χ4v) is 3.96. The maximum Gasteiger partial charge on any atom is 0.253 e. The lowest BCUT2D eigenvalue weighted by atomic mass is 10.1. The highest BCUT2D eigenvalue weighted by Gasteiger charge is 2.18. The molecule has 2 aromatic heterocycles. The number of fused-ring (bicyclic) bond motifs is 1. The number of benzene rings is 2. The minimum absolute atomic E-state index is 0. The number of aromatic nitrogens is 4. The number of carbonyl (C=O) groups excluding carboxylic acids is 1. The van der Waals surface area contributed by atoms with Gasteiger partial charge in [-0.1, -0.05) is 18.2 Å². The standard InChI is InChI=1S/C24H25N7O.3H2/c1-15-3-8-18-19(13-15)30-23(29-18)21-22(25)27-14-20(28-21)16-4-6-17(7-5-16)24(32)31-11-2-9-26-10-12-31;;;/h3-8,13-14,26H,2,9-12H2,1H3,(H2,25,27)(H,29,30);3*1H. The van der Waals surface area contributed by atoms with E-state index in [-0.39, 0.29) is 10.2 Å². The topological polar surface area (TPSA) is 113 Å². The number of nitrogen functional groups attached to an aromatic ring is 1. The SMILES string of the molecule is Cc1ccc2nc(-c3nc(-c4ccc(C(=O)N5CCCNCC5)cc4)cnc3N)[nH]c2c1.[HH].[HH].[HH]. The molecule has 4 aromatic rings. The highest BCUT2D eigenvalue weighted by atomic mass is 16.2. The van der Waals surface area contributed by atoms with Crippen molar-refractivity contribution in [2.75, 3.05) is 31.9 Å². The Kier molecular flexibility index (Phi) is 5.28. The number of imidazole rings is 1. The van der Waals surface area contributed by atoms with Gasteiger partial charge in [0.2, 0.25) is 0 Å². The Balaban J connectivity index is 0.00000144. The molecule has 0 atom stereocenters. The summed E-state index contributed by atoms with van der Waals surface area (Å²) in [6.45, 7) is 5.31. The Morgan fingerprint density at radius 3 is 2.78 bits per heavy atom. The molecule has 2 aromatic carbocycles.